The van der Waals surface area contributed by atoms with E-state index in [1.54, 1.807) is 48.3 Å². The Morgan fingerprint density at radius 1 is 1.10 bits per heavy atom. The topological polar surface area (TPSA) is 102 Å². The maximum Gasteiger partial charge on any atom is 0.138 e. The van der Waals surface area contributed by atoms with Crippen LogP contribution in [0.15, 0.2) is 71.9 Å². The molecule has 2 aromatic carbocycles. The summed E-state index contributed by atoms with van der Waals surface area (Å²) in [6, 6.07) is 15.5. The fraction of sp³-hybridized carbons (Fsp3) is 0.182. The highest BCUT2D eigenvalue weighted by Gasteiger charge is 2.17. The van der Waals surface area contributed by atoms with Gasteiger partial charge in [-0.15, -0.1) is 0 Å². The molecule has 4 rings (SSSR count). The Hall–Kier alpha value is -3.43. The van der Waals surface area contributed by atoms with Crippen molar-refractivity contribution in [1.29, 1.82) is 4.78 Å². The predicted molar refractivity (Wildman–Crippen MR) is 119 cm³/mol. The maximum atomic E-state index is 12.9. The van der Waals surface area contributed by atoms with E-state index in [1.807, 2.05) is 44.4 Å². The first kappa shape index (κ1) is 20.8. The van der Waals surface area contributed by atoms with Crippen molar-refractivity contribution in [3.05, 3.63) is 72.7 Å². The molecule has 0 saturated heterocycles. The monoisotopic (exact) mass is 437 g/mol. The summed E-state index contributed by atoms with van der Waals surface area (Å²) in [6.45, 7) is 1.83. The van der Waals surface area contributed by atoms with Gasteiger partial charge in [-0.05, 0) is 55.5 Å². The summed E-state index contributed by atoms with van der Waals surface area (Å²) >= 11 is 0. The van der Waals surface area contributed by atoms with Crippen molar-refractivity contribution in [2.45, 2.75) is 17.9 Å². The first-order valence-electron chi connectivity index (χ1n) is 9.62. The minimum Gasteiger partial charge on any atom is -0.497 e. The summed E-state index contributed by atoms with van der Waals surface area (Å²) in [6.07, 6.45) is 3.48. The van der Waals surface area contributed by atoms with Crippen LogP contribution in [0.1, 0.15) is 18.7 Å². The number of hydrogen-bond donors (Lipinski definition) is 2. The van der Waals surface area contributed by atoms with Crippen molar-refractivity contribution in [1.82, 2.24) is 19.5 Å². The van der Waals surface area contributed by atoms with Crippen molar-refractivity contribution in [3.8, 4) is 17.2 Å². The van der Waals surface area contributed by atoms with Gasteiger partial charge in [-0.2, -0.15) is 5.10 Å². The third kappa shape index (κ3) is 4.52. The third-order valence-corrected chi connectivity index (χ3v) is 6.44. The third-order valence-electron chi connectivity index (χ3n) is 4.81. The van der Waals surface area contributed by atoms with Crippen LogP contribution in [0.4, 0.5) is 0 Å². The summed E-state index contributed by atoms with van der Waals surface area (Å²) in [5.41, 5.74) is 1.49. The molecule has 2 N–H and O–H groups in total. The number of nitrogens with zero attached hydrogens (tertiary/aromatic N) is 3. The van der Waals surface area contributed by atoms with Crippen LogP contribution in [0.25, 0.3) is 10.9 Å². The maximum absolute atomic E-state index is 12.9. The van der Waals surface area contributed by atoms with Crippen molar-refractivity contribution in [3.63, 3.8) is 0 Å². The molecular formula is C22H23N5O3S. The first-order valence-corrected chi connectivity index (χ1v) is 11.2. The number of nitrogens with one attached hydrogen (secondary N) is 2. The minimum absolute atomic E-state index is 0.331. The van der Waals surface area contributed by atoms with Gasteiger partial charge >= 0.3 is 0 Å². The van der Waals surface area contributed by atoms with E-state index >= 15 is 0 Å². The van der Waals surface area contributed by atoms with E-state index in [9.17, 15) is 4.21 Å². The van der Waals surface area contributed by atoms with Crippen LogP contribution in [-0.4, -0.2) is 26.1 Å². The molecule has 0 bridgehead atoms. The van der Waals surface area contributed by atoms with Crippen LogP contribution in [0.2, 0.25) is 0 Å². The number of aromatic nitrogens is 3. The zero-order valence-electron chi connectivity index (χ0n) is 17.4. The van der Waals surface area contributed by atoms with Gasteiger partial charge in [-0.3, -0.25) is 9.67 Å². The molecule has 0 amide bonds. The summed E-state index contributed by atoms with van der Waals surface area (Å²) in [5, 5.41) is 5.15. The second-order valence-electron chi connectivity index (χ2n) is 7.08. The predicted octanol–water partition coefficient (Wildman–Crippen LogP) is 4.44. The lowest BCUT2D eigenvalue weighted by atomic mass is 10.2. The number of methoxy groups -OCH3 is 1. The number of pyridine rings is 1. The number of fused-ring (bicyclic) bond motifs is 1. The molecule has 2 aromatic heterocycles. The lowest BCUT2D eigenvalue weighted by molar-refractivity contribution is 0.415. The summed E-state index contributed by atoms with van der Waals surface area (Å²) in [7, 11) is 0.216. The molecule has 0 aliphatic heterocycles. The fourth-order valence-electron chi connectivity index (χ4n) is 3.19. The van der Waals surface area contributed by atoms with Gasteiger partial charge in [0.25, 0.3) is 0 Å². The van der Waals surface area contributed by atoms with E-state index in [4.69, 9.17) is 14.3 Å². The molecule has 2 heterocycles. The Bertz CT molecular complexity index is 1320. The number of rotatable bonds is 7. The van der Waals surface area contributed by atoms with Crippen LogP contribution in [0.3, 0.4) is 0 Å². The van der Waals surface area contributed by atoms with Gasteiger partial charge in [0.05, 0.1) is 29.3 Å². The number of ether oxygens (including phenoxy) is 2. The molecule has 2 atom stereocenters. The van der Waals surface area contributed by atoms with Crippen LogP contribution in [-0.2, 0) is 17.0 Å². The average molecular weight is 438 g/mol. The highest BCUT2D eigenvalue weighted by molar-refractivity contribution is 7.90. The Kier molecular flexibility index (Phi) is 5.62. The standard InChI is InChI=1S/C22H23N5O3S/c1-15(20-11-13-27(2)25-20)26-31(23,28)18-7-4-16(5-8-18)30-22-10-12-24-21-14-17(29-3)6-9-19(21)22/h4-15H,1-3H3,(H2,23,26,28). The van der Waals surface area contributed by atoms with Gasteiger partial charge in [0, 0.05) is 30.9 Å². The van der Waals surface area contributed by atoms with Gasteiger partial charge in [0.15, 0.2) is 0 Å². The SMILES string of the molecule is COc1ccc2c(Oc3ccc(S(=N)(=O)NC(C)c4ccn(C)n4)cc3)ccnc2c1. The van der Waals surface area contributed by atoms with Crippen LogP contribution < -0.4 is 14.2 Å². The Morgan fingerprint density at radius 3 is 2.52 bits per heavy atom. The van der Waals surface area contributed by atoms with Crippen LogP contribution in [0, 0.1) is 4.78 Å². The molecule has 0 aliphatic rings. The fourth-order valence-corrected chi connectivity index (χ4v) is 4.46. The van der Waals surface area contributed by atoms with Gasteiger partial charge < -0.3 is 9.47 Å². The van der Waals surface area contributed by atoms with E-state index in [0.29, 0.717) is 16.4 Å². The van der Waals surface area contributed by atoms with Gasteiger partial charge in [-0.1, -0.05) is 0 Å². The van der Waals surface area contributed by atoms with Crippen molar-refractivity contribution in [2.24, 2.45) is 7.05 Å². The van der Waals surface area contributed by atoms with Gasteiger partial charge in [0.2, 0.25) is 0 Å². The average Bonchev–Trinajstić information content (AvgIpc) is 3.20. The Balaban J connectivity index is 1.52. The molecule has 0 spiro atoms. The normalized spacial score (nSPS) is 14.2. The first-order chi connectivity index (χ1) is 14.9. The summed E-state index contributed by atoms with van der Waals surface area (Å²) in [4.78, 5) is 4.72. The van der Waals surface area contributed by atoms with Crippen molar-refractivity contribution in [2.75, 3.05) is 7.11 Å². The molecule has 160 valence electrons. The van der Waals surface area contributed by atoms with Crippen molar-refractivity contribution >= 4 is 20.8 Å². The van der Waals surface area contributed by atoms with Gasteiger partial charge in [0.1, 0.15) is 27.2 Å². The Labute approximate surface area is 180 Å². The van der Waals surface area contributed by atoms with Crippen LogP contribution >= 0.6 is 0 Å². The largest absolute Gasteiger partial charge is 0.497 e. The van der Waals surface area contributed by atoms with Gasteiger partial charge in [-0.25, -0.2) is 13.7 Å². The second kappa shape index (κ2) is 8.37. The lowest BCUT2D eigenvalue weighted by Crippen LogP contribution is -2.26. The molecule has 0 saturated carbocycles. The molecule has 31 heavy (non-hydrogen) atoms. The highest BCUT2D eigenvalue weighted by atomic mass is 32.2. The zero-order valence-corrected chi connectivity index (χ0v) is 18.2. The van der Waals surface area contributed by atoms with E-state index in [2.05, 4.69) is 14.8 Å². The van der Waals surface area contributed by atoms with Crippen molar-refractivity contribution < 1.29 is 13.7 Å². The molecular weight excluding hydrogens is 414 g/mol. The minimum atomic E-state index is -3.21. The second-order valence-corrected chi connectivity index (χ2v) is 8.90. The molecule has 0 radical (unpaired) electrons. The van der Waals surface area contributed by atoms with Crippen LogP contribution in [0.5, 0.6) is 17.2 Å². The van der Waals surface area contributed by atoms with E-state index in [1.165, 1.54) is 0 Å². The molecule has 0 fully saturated rings. The summed E-state index contributed by atoms with van der Waals surface area (Å²) in [5.74, 6) is 1.94. The number of aryl methyl sites for hydroxylation is 1. The highest BCUT2D eigenvalue weighted by Crippen LogP contribution is 2.31. The van der Waals surface area contributed by atoms with E-state index in [-0.39, 0.29) is 6.04 Å². The number of hydrogen-bond acceptors (Lipinski definition) is 6. The molecule has 2 unspecified atom stereocenters. The van der Waals surface area contributed by atoms with E-state index in [0.717, 1.165) is 22.3 Å². The molecule has 4 aromatic rings. The quantitative estimate of drug-likeness (QED) is 0.445. The van der Waals surface area contributed by atoms with E-state index < -0.39 is 9.92 Å². The Morgan fingerprint density at radius 2 is 1.84 bits per heavy atom. The molecule has 0 aliphatic carbocycles. The molecule has 8 nitrogen and oxygen atoms in total. The smallest absolute Gasteiger partial charge is 0.138 e. The zero-order chi connectivity index (χ0) is 22.0. The number of benzene rings is 2. The molecule has 9 heteroatoms. The lowest BCUT2D eigenvalue weighted by Gasteiger charge is -2.15. The summed E-state index contributed by atoms with van der Waals surface area (Å²) < 4.78 is 37.1.